The lowest BCUT2D eigenvalue weighted by atomic mass is 10.0. The SMILES string of the molecule is CCCNC(CCN(C)CC(F)(F)F)c1ccccc1Br. The fourth-order valence-corrected chi connectivity index (χ4v) is 2.74. The summed E-state index contributed by atoms with van der Waals surface area (Å²) >= 11 is 3.51. The quantitative estimate of drug-likeness (QED) is 0.734. The largest absolute Gasteiger partial charge is 0.401 e. The van der Waals surface area contributed by atoms with Crippen LogP contribution in [-0.2, 0) is 0 Å². The minimum Gasteiger partial charge on any atom is -0.310 e. The topological polar surface area (TPSA) is 15.3 Å². The van der Waals surface area contributed by atoms with Crippen molar-refractivity contribution >= 4 is 15.9 Å². The van der Waals surface area contributed by atoms with Crippen LogP contribution >= 0.6 is 15.9 Å². The first kappa shape index (κ1) is 18.5. The predicted molar refractivity (Wildman–Crippen MR) is 83.3 cm³/mol. The number of nitrogens with one attached hydrogen (secondary N) is 1. The molecule has 0 saturated carbocycles. The minimum atomic E-state index is -4.14. The highest BCUT2D eigenvalue weighted by atomic mass is 79.9. The van der Waals surface area contributed by atoms with E-state index in [0.29, 0.717) is 13.0 Å². The molecule has 0 aliphatic heterocycles. The maximum absolute atomic E-state index is 12.4. The Morgan fingerprint density at radius 2 is 1.95 bits per heavy atom. The summed E-state index contributed by atoms with van der Waals surface area (Å²) in [5, 5.41) is 3.41. The molecule has 0 fully saturated rings. The standard InChI is InChI=1S/C15H22BrF3N2/c1-3-9-20-14(12-6-4-5-7-13(12)16)8-10-21(2)11-15(17,18)19/h4-7,14,20H,3,8-11H2,1-2H3. The van der Waals surface area contributed by atoms with Crippen LogP contribution < -0.4 is 5.32 Å². The molecule has 6 heteroatoms. The first-order valence-corrected chi connectivity index (χ1v) is 7.86. The summed E-state index contributed by atoms with van der Waals surface area (Å²) in [5.74, 6) is 0. The number of benzene rings is 1. The van der Waals surface area contributed by atoms with Crippen LogP contribution in [0.15, 0.2) is 28.7 Å². The summed E-state index contributed by atoms with van der Waals surface area (Å²) in [6.45, 7) is 2.43. The summed E-state index contributed by atoms with van der Waals surface area (Å²) in [6.07, 6.45) is -2.52. The smallest absolute Gasteiger partial charge is 0.310 e. The second-order valence-corrected chi connectivity index (χ2v) is 6.02. The molecular weight excluding hydrogens is 345 g/mol. The normalized spacial score (nSPS) is 13.7. The van der Waals surface area contributed by atoms with E-state index in [1.54, 1.807) is 0 Å². The molecular formula is C15H22BrF3N2. The van der Waals surface area contributed by atoms with Gasteiger partial charge in [-0.2, -0.15) is 13.2 Å². The molecule has 0 heterocycles. The van der Waals surface area contributed by atoms with Gasteiger partial charge in [0.15, 0.2) is 0 Å². The van der Waals surface area contributed by atoms with Crippen molar-refractivity contribution in [3.05, 3.63) is 34.3 Å². The Balaban J connectivity index is 2.65. The Morgan fingerprint density at radius 3 is 2.52 bits per heavy atom. The van der Waals surface area contributed by atoms with Gasteiger partial charge in [0.25, 0.3) is 0 Å². The molecule has 0 spiro atoms. The van der Waals surface area contributed by atoms with E-state index < -0.39 is 12.7 Å². The third-order valence-electron chi connectivity index (χ3n) is 3.17. The second-order valence-electron chi connectivity index (χ2n) is 5.17. The first-order chi connectivity index (χ1) is 9.83. The lowest BCUT2D eigenvalue weighted by molar-refractivity contribution is -0.143. The van der Waals surface area contributed by atoms with Gasteiger partial charge >= 0.3 is 6.18 Å². The third-order valence-corrected chi connectivity index (χ3v) is 3.89. The second kappa shape index (κ2) is 8.76. The molecule has 0 radical (unpaired) electrons. The van der Waals surface area contributed by atoms with E-state index in [1.165, 1.54) is 11.9 Å². The van der Waals surface area contributed by atoms with E-state index >= 15 is 0 Å². The van der Waals surface area contributed by atoms with Crippen LogP contribution in [0.1, 0.15) is 31.4 Å². The van der Waals surface area contributed by atoms with Gasteiger partial charge in [0, 0.05) is 10.5 Å². The minimum absolute atomic E-state index is 0.0520. The van der Waals surface area contributed by atoms with Crippen LogP contribution in [0.2, 0.25) is 0 Å². The Labute approximate surface area is 132 Å². The zero-order chi connectivity index (χ0) is 15.9. The van der Waals surface area contributed by atoms with Crippen molar-refractivity contribution in [2.75, 3.05) is 26.7 Å². The molecule has 120 valence electrons. The highest BCUT2D eigenvalue weighted by Crippen LogP contribution is 2.26. The van der Waals surface area contributed by atoms with Crippen molar-refractivity contribution in [2.24, 2.45) is 0 Å². The fraction of sp³-hybridized carbons (Fsp3) is 0.600. The van der Waals surface area contributed by atoms with E-state index in [2.05, 4.69) is 28.2 Å². The zero-order valence-corrected chi connectivity index (χ0v) is 14.0. The molecule has 1 unspecified atom stereocenters. The highest BCUT2D eigenvalue weighted by molar-refractivity contribution is 9.10. The molecule has 1 N–H and O–H groups in total. The van der Waals surface area contributed by atoms with Crippen LogP contribution in [0.4, 0.5) is 13.2 Å². The molecule has 0 amide bonds. The van der Waals surface area contributed by atoms with Crippen LogP contribution in [0.5, 0.6) is 0 Å². The molecule has 0 aliphatic carbocycles. The number of halogens is 4. The van der Waals surface area contributed by atoms with Crippen molar-refractivity contribution in [3.63, 3.8) is 0 Å². The van der Waals surface area contributed by atoms with E-state index in [1.807, 2.05) is 24.3 Å². The number of nitrogens with zero attached hydrogens (tertiary/aromatic N) is 1. The lowest BCUT2D eigenvalue weighted by Gasteiger charge is -2.24. The Kier molecular flexibility index (Phi) is 7.70. The molecule has 1 atom stereocenters. The predicted octanol–water partition coefficient (Wildman–Crippen LogP) is 4.37. The maximum atomic E-state index is 12.4. The van der Waals surface area contributed by atoms with Gasteiger partial charge in [-0.05, 0) is 44.6 Å². The van der Waals surface area contributed by atoms with Crippen LogP contribution in [0.3, 0.4) is 0 Å². The molecule has 0 aliphatic rings. The average Bonchev–Trinajstić information content (AvgIpc) is 2.38. The molecule has 21 heavy (non-hydrogen) atoms. The molecule has 0 saturated heterocycles. The molecule has 1 aromatic carbocycles. The summed E-state index contributed by atoms with van der Waals surface area (Å²) in [4.78, 5) is 1.32. The summed E-state index contributed by atoms with van der Waals surface area (Å²) in [6, 6.07) is 7.88. The fourth-order valence-electron chi connectivity index (χ4n) is 2.18. The Bertz CT molecular complexity index is 424. The monoisotopic (exact) mass is 366 g/mol. The lowest BCUT2D eigenvalue weighted by Crippen LogP contribution is -2.34. The molecule has 0 aromatic heterocycles. The Morgan fingerprint density at radius 1 is 1.29 bits per heavy atom. The summed E-state index contributed by atoms with van der Waals surface area (Å²) in [5.41, 5.74) is 1.09. The number of rotatable bonds is 8. The van der Waals surface area contributed by atoms with E-state index in [-0.39, 0.29) is 6.04 Å². The van der Waals surface area contributed by atoms with E-state index in [0.717, 1.165) is 23.0 Å². The molecule has 2 nitrogen and oxygen atoms in total. The van der Waals surface area contributed by atoms with Crippen molar-refractivity contribution in [3.8, 4) is 0 Å². The van der Waals surface area contributed by atoms with Crippen molar-refractivity contribution in [1.29, 1.82) is 0 Å². The van der Waals surface area contributed by atoms with Crippen molar-refractivity contribution in [2.45, 2.75) is 32.0 Å². The van der Waals surface area contributed by atoms with Gasteiger partial charge in [-0.3, -0.25) is 4.90 Å². The van der Waals surface area contributed by atoms with Gasteiger partial charge in [-0.25, -0.2) is 0 Å². The van der Waals surface area contributed by atoms with Gasteiger partial charge in [-0.1, -0.05) is 41.1 Å². The van der Waals surface area contributed by atoms with Gasteiger partial charge in [0.2, 0.25) is 0 Å². The van der Waals surface area contributed by atoms with Gasteiger partial charge in [-0.15, -0.1) is 0 Å². The number of hydrogen-bond acceptors (Lipinski definition) is 2. The zero-order valence-electron chi connectivity index (χ0n) is 12.4. The third kappa shape index (κ3) is 7.29. The number of hydrogen-bond donors (Lipinski definition) is 1. The van der Waals surface area contributed by atoms with Gasteiger partial charge in [0.1, 0.15) is 0 Å². The van der Waals surface area contributed by atoms with E-state index in [9.17, 15) is 13.2 Å². The van der Waals surface area contributed by atoms with Crippen LogP contribution in [0, 0.1) is 0 Å². The van der Waals surface area contributed by atoms with E-state index in [4.69, 9.17) is 0 Å². The molecule has 1 rings (SSSR count). The van der Waals surface area contributed by atoms with Gasteiger partial charge in [0.05, 0.1) is 6.54 Å². The Hall–Kier alpha value is -0.590. The van der Waals surface area contributed by atoms with Crippen LogP contribution in [-0.4, -0.2) is 37.8 Å². The average molecular weight is 367 g/mol. The maximum Gasteiger partial charge on any atom is 0.401 e. The number of alkyl halides is 3. The molecule has 0 bridgehead atoms. The first-order valence-electron chi connectivity index (χ1n) is 7.06. The van der Waals surface area contributed by atoms with Crippen molar-refractivity contribution in [1.82, 2.24) is 10.2 Å². The molecule has 1 aromatic rings. The van der Waals surface area contributed by atoms with Crippen molar-refractivity contribution < 1.29 is 13.2 Å². The highest BCUT2D eigenvalue weighted by Gasteiger charge is 2.29. The summed E-state index contributed by atoms with van der Waals surface area (Å²) in [7, 11) is 1.50. The van der Waals surface area contributed by atoms with Gasteiger partial charge < -0.3 is 5.32 Å². The summed E-state index contributed by atoms with van der Waals surface area (Å²) < 4.78 is 38.0. The van der Waals surface area contributed by atoms with Crippen LogP contribution in [0.25, 0.3) is 0 Å².